The molecule has 21 heavy (non-hydrogen) atoms. The molecule has 1 aliphatic heterocycles. The van der Waals surface area contributed by atoms with Crippen LogP contribution in [-0.4, -0.2) is 11.0 Å². The Hall–Kier alpha value is -2.05. The first kappa shape index (κ1) is 13.9. The van der Waals surface area contributed by atoms with E-state index in [9.17, 15) is 9.18 Å². The van der Waals surface area contributed by atoms with Crippen molar-refractivity contribution in [3.05, 3.63) is 57.7 Å². The van der Waals surface area contributed by atoms with E-state index in [4.69, 9.17) is 12.2 Å². The molecule has 1 amide bonds. The van der Waals surface area contributed by atoms with Crippen molar-refractivity contribution in [3.63, 3.8) is 0 Å². The summed E-state index contributed by atoms with van der Waals surface area (Å²) in [6.45, 7) is 1.99. The molecule has 3 rings (SSSR count). The maximum absolute atomic E-state index is 13.8. The number of anilines is 1. The number of carbonyl (C=O) groups is 1. The largest absolute Gasteiger partial charge is 0.327 e. The molecule has 0 spiro atoms. The summed E-state index contributed by atoms with van der Waals surface area (Å²) < 4.78 is 13.8. The van der Waals surface area contributed by atoms with Gasteiger partial charge in [0.25, 0.3) is 5.91 Å². The second kappa shape index (κ2) is 5.38. The van der Waals surface area contributed by atoms with E-state index in [1.807, 2.05) is 19.1 Å². The van der Waals surface area contributed by atoms with Crippen LogP contribution in [0.2, 0.25) is 0 Å². The summed E-state index contributed by atoms with van der Waals surface area (Å²) in [6, 6.07) is 9.97. The van der Waals surface area contributed by atoms with Crippen molar-refractivity contribution in [3.8, 4) is 0 Å². The lowest BCUT2D eigenvalue weighted by Gasteiger charge is -2.14. The molecule has 0 bridgehead atoms. The van der Waals surface area contributed by atoms with Gasteiger partial charge in [0, 0.05) is 9.75 Å². The lowest BCUT2D eigenvalue weighted by molar-refractivity contribution is -0.113. The molecule has 0 unspecified atom stereocenters. The fourth-order valence-electron chi connectivity index (χ4n) is 2.06. The molecule has 3 nitrogen and oxygen atoms in total. The number of rotatable bonds is 2. The van der Waals surface area contributed by atoms with Crippen LogP contribution < -0.4 is 10.2 Å². The third kappa shape index (κ3) is 2.59. The summed E-state index contributed by atoms with van der Waals surface area (Å²) in [5, 5.41) is 3.03. The summed E-state index contributed by atoms with van der Waals surface area (Å²) in [6.07, 6.45) is 1.73. The molecule has 1 N–H and O–H groups in total. The Labute approximate surface area is 130 Å². The van der Waals surface area contributed by atoms with Crippen LogP contribution in [-0.2, 0) is 4.79 Å². The Balaban J connectivity index is 1.96. The molecule has 1 aromatic heterocycles. The average Bonchev–Trinajstić information content (AvgIpc) is 2.96. The van der Waals surface area contributed by atoms with Gasteiger partial charge in [-0.2, -0.15) is 0 Å². The molecule has 2 aromatic rings. The number of hydrogen-bond acceptors (Lipinski definition) is 3. The van der Waals surface area contributed by atoms with Crippen LogP contribution in [0.25, 0.3) is 6.08 Å². The van der Waals surface area contributed by atoms with Crippen molar-refractivity contribution in [1.82, 2.24) is 5.32 Å². The van der Waals surface area contributed by atoms with Crippen LogP contribution >= 0.6 is 23.6 Å². The van der Waals surface area contributed by atoms with Gasteiger partial charge in [0.2, 0.25) is 0 Å². The highest BCUT2D eigenvalue weighted by atomic mass is 32.1. The monoisotopic (exact) mass is 318 g/mol. The summed E-state index contributed by atoms with van der Waals surface area (Å²) >= 11 is 6.72. The normalized spacial score (nSPS) is 16.7. The zero-order chi connectivity index (χ0) is 15.0. The van der Waals surface area contributed by atoms with E-state index in [0.717, 1.165) is 9.75 Å². The van der Waals surface area contributed by atoms with E-state index >= 15 is 0 Å². The quantitative estimate of drug-likeness (QED) is 0.680. The summed E-state index contributed by atoms with van der Waals surface area (Å²) in [4.78, 5) is 15.7. The Morgan fingerprint density at radius 3 is 2.71 bits per heavy atom. The number of para-hydroxylation sites is 1. The molecule has 1 aromatic carbocycles. The fourth-order valence-corrected chi connectivity index (χ4v) is 3.17. The number of hydrogen-bond donors (Lipinski definition) is 1. The maximum Gasteiger partial charge on any atom is 0.281 e. The van der Waals surface area contributed by atoms with Gasteiger partial charge in [-0.25, -0.2) is 9.29 Å². The number of amides is 1. The SMILES string of the molecule is Cc1ccc(/C=C2\NC(=S)N(c3ccccc3F)C2=O)s1. The van der Waals surface area contributed by atoms with Crippen LogP contribution in [0.1, 0.15) is 9.75 Å². The van der Waals surface area contributed by atoms with Gasteiger partial charge in [-0.15, -0.1) is 11.3 Å². The Kier molecular flexibility index (Phi) is 3.57. The molecule has 0 saturated carbocycles. The smallest absolute Gasteiger partial charge is 0.281 e. The molecular formula is C15H11FN2OS2. The zero-order valence-electron chi connectivity index (χ0n) is 11.1. The predicted octanol–water partition coefficient (Wildman–Crippen LogP) is 3.46. The number of thiophene rings is 1. The standard InChI is InChI=1S/C15H11FN2OS2/c1-9-6-7-10(21-9)8-12-14(19)18(15(20)17-12)13-5-3-2-4-11(13)16/h2-8H,1H3,(H,17,20)/b12-8-. The molecule has 106 valence electrons. The minimum absolute atomic E-state index is 0.158. The van der Waals surface area contributed by atoms with Crippen LogP contribution in [0.15, 0.2) is 42.1 Å². The van der Waals surface area contributed by atoms with E-state index < -0.39 is 5.82 Å². The first-order valence-electron chi connectivity index (χ1n) is 6.24. The van der Waals surface area contributed by atoms with E-state index in [0.29, 0.717) is 5.70 Å². The van der Waals surface area contributed by atoms with Crippen molar-refractivity contribution in [2.45, 2.75) is 6.92 Å². The second-order valence-corrected chi connectivity index (χ2v) is 6.23. The zero-order valence-corrected chi connectivity index (χ0v) is 12.7. The Morgan fingerprint density at radius 2 is 2.05 bits per heavy atom. The van der Waals surface area contributed by atoms with Gasteiger partial charge < -0.3 is 5.32 Å². The van der Waals surface area contributed by atoms with Gasteiger partial charge >= 0.3 is 0 Å². The highest BCUT2D eigenvalue weighted by Gasteiger charge is 2.33. The van der Waals surface area contributed by atoms with Crippen molar-refractivity contribution >= 4 is 46.3 Å². The van der Waals surface area contributed by atoms with Gasteiger partial charge in [0.05, 0.1) is 5.69 Å². The van der Waals surface area contributed by atoms with Gasteiger partial charge in [-0.1, -0.05) is 12.1 Å². The number of thiocarbonyl (C=S) groups is 1. The molecule has 1 fully saturated rings. The molecule has 1 aliphatic rings. The van der Waals surface area contributed by atoms with Crippen molar-refractivity contribution in [2.24, 2.45) is 0 Å². The first-order valence-corrected chi connectivity index (χ1v) is 7.47. The highest BCUT2D eigenvalue weighted by molar-refractivity contribution is 7.80. The third-order valence-corrected chi connectivity index (χ3v) is 4.25. The maximum atomic E-state index is 13.8. The molecule has 1 saturated heterocycles. The van der Waals surface area contributed by atoms with Crippen LogP contribution in [0.5, 0.6) is 0 Å². The minimum Gasteiger partial charge on any atom is -0.327 e. The number of aryl methyl sites for hydroxylation is 1. The number of halogens is 1. The summed E-state index contributed by atoms with van der Waals surface area (Å²) in [5.41, 5.74) is 0.510. The lowest BCUT2D eigenvalue weighted by Crippen LogP contribution is -2.31. The number of benzene rings is 1. The molecule has 2 heterocycles. The molecule has 0 atom stereocenters. The van der Waals surface area contributed by atoms with Crippen molar-refractivity contribution < 1.29 is 9.18 Å². The number of nitrogens with one attached hydrogen (secondary N) is 1. The Bertz CT molecular complexity index is 767. The van der Waals surface area contributed by atoms with E-state index in [2.05, 4.69) is 5.32 Å². The Morgan fingerprint density at radius 1 is 1.29 bits per heavy atom. The van der Waals surface area contributed by atoms with Gasteiger partial charge in [0.15, 0.2) is 5.11 Å². The van der Waals surface area contributed by atoms with Crippen LogP contribution in [0.3, 0.4) is 0 Å². The van der Waals surface area contributed by atoms with Crippen LogP contribution in [0, 0.1) is 12.7 Å². The molecular weight excluding hydrogens is 307 g/mol. The summed E-state index contributed by atoms with van der Waals surface area (Å²) in [5.74, 6) is -0.834. The fraction of sp³-hybridized carbons (Fsp3) is 0.0667. The topological polar surface area (TPSA) is 32.3 Å². The number of nitrogens with zero attached hydrogens (tertiary/aromatic N) is 1. The van der Waals surface area contributed by atoms with E-state index in [-0.39, 0.29) is 16.7 Å². The summed E-state index contributed by atoms with van der Waals surface area (Å²) in [7, 11) is 0. The van der Waals surface area contributed by atoms with Crippen LogP contribution in [0.4, 0.5) is 10.1 Å². The first-order chi connectivity index (χ1) is 10.1. The van der Waals surface area contributed by atoms with Crippen molar-refractivity contribution in [1.29, 1.82) is 0 Å². The average molecular weight is 318 g/mol. The molecule has 0 radical (unpaired) electrons. The predicted molar refractivity (Wildman–Crippen MR) is 86.7 cm³/mol. The molecule has 0 aliphatic carbocycles. The number of carbonyl (C=O) groups excluding carboxylic acids is 1. The van der Waals surface area contributed by atoms with Crippen molar-refractivity contribution in [2.75, 3.05) is 4.90 Å². The van der Waals surface area contributed by atoms with Gasteiger partial charge in [-0.05, 0) is 49.5 Å². The molecule has 6 heteroatoms. The van der Waals surface area contributed by atoms with Gasteiger partial charge in [-0.3, -0.25) is 4.79 Å². The van der Waals surface area contributed by atoms with E-state index in [1.54, 1.807) is 29.5 Å². The van der Waals surface area contributed by atoms with E-state index in [1.165, 1.54) is 17.0 Å². The second-order valence-electron chi connectivity index (χ2n) is 4.53. The lowest BCUT2D eigenvalue weighted by atomic mass is 10.2. The van der Waals surface area contributed by atoms with Gasteiger partial charge in [0.1, 0.15) is 11.5 Å². The third-order valence-electron chi connectivity index (χ3n) is 3.02. The highest BCUT2D eigenvalue weighted by Crippen LogP contribution is 2.26. The minimum atomic E-state index is -0.483.